The highest BCUT2D eigenvalue weighted by molar-refractivity contribution is 6.44. The molecular formula is C8H3Cl2N3O3. The Morgan fingerprint density at radius 1 is 1.44 bits per heavy atom. The number of aromatic amines is 1. The number of nitro groups is 1. The van der Waals surface area contributed by atoms with Crippen molar-refractivity contribution in [3.63, 3.8) is 0 Å². The van der Waals surface area contributed by atoms with Gasteiger partial charge < -0.3 is 4.98 Å². The number of benzene rings is 1. The van der Waals surface area contributed by atoms with Crippen molar-refractivity contribution >= 4 is 39.9 Å². The van der Waals surface area contributed by atoms with Gasteiger partial charge in [-0.15, -0.1) is 0 Å². The summed E-state index contributed by atoms with van der Waals surface area (Å²) in [7, 11) is 0. The van der Waals surface area contributed by atoms with Gasteiger partial charge in [0, 0.05) is 0 Å². The second kappa shape index (κ2) is 3.73. The predicted molar refractivity (Wildman–Crippen MR) is 59.0 cm³/mol. The molecule has 0 atom stereocenters. The van der Waals surface area contributed by atoms with E-state index in [-0.39, 0.29) is 21.1 Å². The van der Waals surface area contributed by atoms with E-state index in [4.69, 9.17) is 23.2 Å². The first-order chi connectivity index (χ1) is 7.50. The highest BCUT2D eigenvalue weighted by Crippen LogP contribution is 2.36. The molecule has 1 aromatic carbocycles. The molecule has 0 fully saturated rings. The zero-order chi connectivity index (χ0) is 11.9. The maximum absolute atomic E-state index is 11.0. The van der Waals surface area contributed by atoms with Crippen LogP contribution in [0.5, 0.6) is 0 Å². The summed E-state index contributed by atoms with van der Waals surface area (Å²) in [5.74, 6) is 0. The van der Waals surface area contributed by atoms with E-state index in [9.17, 15) is 14.9 Å². The first-order valence-electron chi connectivity index (χ1n) is 4.02. The summed E-state index contributed by atoms with van der Waals surface area (Å²) in [6.07, 6.45) is 0.944. The van der Waals surface area contributed by atoms with Gasteiger partial charge in [-0.05, 0) is 6.07 Å². The van der Waals surface area contributed by atoms with Crippen molar-refractivity contribution in [3.8, 4) is 0 Å². The van der Waals surface area contributed by atoms with Crippen molar-refractivity contribution in [2.45, 2.75) is 0 Å². The van der Waals surface area contributed by atoms with Crippen LogP contribution < -0.4 is 5.56 Å². The first kappa shape index (κ1) is 10.8. The third-order valence-electron chi connectivity index (χ3n) is 1.92. The molecule has 0 aliphatic carbocycles. The number of nitro benzene ring substituents is 1. The molecule has 2 rings (SSSR count). The molecule has 0 amide bonds. The largest absolute Gasteiger partial charge is 0.319 e. The lowest BCUT2D eigenvalue weighted by Gasteiger charge is -2.01. The van der Waals surface area contributed by atoms with E-state index in [1.165, 1.54) is 6.07 Å². The van der Waals surface area contributed by atoms with Crippen molar-refractivity contribution in [3.05, 3.63) is 42.8 Å². The van der Waals surface area contributed by atoms with E-state index in [2.05, 4.69) is 9.97 Å². The van der Waals surface area contributed by atoms with Crippen LogP contribution in [-0.4, -0.2) is 14.9 Å². The Balaban J connectivity index is 3.00. The average Bonchev–Trinajstić information content (AvgIpc) is 2.19. The molecule has 0 saturated carbocycles. The van der Waals surface area contributed by atoms with Gasteiger partial charge in [0.15, 0.2) is 5.52 Å². The quantitative estimate of drug-likeness (QED) is 0.628. The van der Waals surface area contributed by atoms with Crippen LogP contribution in [0.25, 0.3) is 11.0 Å². The first-order valence-corrected chi connectivity index (χ1v) is 4.77. The Bertz CT molecular complexity index is 653. The van der Waals surface area contributed by atoms with Gasteiger partial charge in [0.25, 0.3) is 5.56 Å². The molecule has 2 aromatic rings. The molecule has 0 bridgehead atoms. The number of fused-ring (bicyclic) bond motifs is 1. The average molecular weight is 260 g/mol. The lowest BCUT2D eigenvalue weighted by Crippen LogP contribution is -2.06. The van der Waals surface area contributed by atoms with E-state index in [1.807, 2.05) is 0 Å². The van der Waals surface area contributed by atoms with Crippen LogP contribution in [0.2, 0.25) is 10.0 Å². The van der Waals surface area contributed by atoms with Crippen molar-refractivity contribution in [2.24, 2.45) is 0 Å². The van der Waals surface area contributed by atoms with Crippen LogP contribution in [0, 0.1) is 10.1 Å². The lowest BCUT2D eigenvalue weighted by molar-refractivity contribution is -0.383. The summed E-state index contributed by atoms with van der Waals surface area (Å²) in [4.78, 5) is 27.2. The van der Waals surface area contributed by atoms with Crippen molar-refractivity contribution in [1.82, 2.24) is 9.97 Å². The number of hydrogen-bond donors (Lipinski definition) is 1. The molecule has 1 heterocycles. The number of nitrogens with zero attached hydrogens (tertiary/aromatic N) is 2. The summed E-state index contributed by atoms with van der Waals surface area (Å²) in [5, 5.41) is 10.6. The highest BCUT2D eigenvalue weighted by atomic mass is 35.5. The van der Waals surface area contributed by atoms with Crippen molar-refractivity contribution in [1.29, 1.82) is 0 Å². The minimum absolute atomic E-state index is 0.000926. The fraction of sp³-hybridized carbons (Fsp3) is 0. The third kappa shape index (κ3) is 1.62. The monoisotopic (exact) mass is 259 g/mol. The number of aromatic nitrogens is 2. The van der Waals surface area contributed by atoms with Gasteiger partial charge in [-0.1, -0.05) is 23.2 Å². The van der Waals surface area contributed by atoms with Gasteiger partial charge in [0.1, 0.15) is 5.02 Å². The predicted octanol–water partition coefficient (Wildman–Crippen LogP) is 2.14. The fourth-order valence-electron chi connectivity index (χ4n) is 1.28. The molecule has 0 saturated heterocycles. The number of halogens is 2. The molecule has 1 N–H and O–H groups in total. The lowest BCUT2D eigenvalue weighted by atomic mass is 10.2. The molecule has 0 radical (unpaired) electrons. The SMILES string of the molecule is O=c1cnc2c([N+](=O)[O-])c(Cl)c(Cl)cc2[nH]1. The van der Waals surface area contributed by atoms with Crippen LogP contribution in [0.4, 0.5) is 5.69 Å². The summed E-state index contributed by atoms with van der Waals surface area (Å²) in [6.45, 7) is 0. The van der Waals surface area contributed by atoms with Crippen LogP contribution in [0.15, 0.2) is 17.1 Å². The van der Waals surface area contributed by atoms with E-state index in [1.54, 1.807) is 0 Å². The van der Waals surface area contributed by atoms with Crippen molar-refractivity contribution < 1.29 is 4.92 Å². The number of hydrogen-bond acceptors (Lipinski definition) is 4. The van der Waals surface area contributed by atoms with E-state index in [0.717, 1.165) is 6.20 Å². The maximum Gasteiger partial charge on any atom is 0.316 e. The summed E-state index contributed by atoms with van der Waals surface area (Å²) < 4.78 is 0. The second-order valence-electron chi connectivity index (χ2n) is 2.92. The molecule has 0 aliphatic rings. The molecule has 82 valence electrons. The van der Waals surface area contributed by atoms with Gasteiger partial charge in [-0.25, -0.2) is 4.98 Å². The van der Waals surface area contributed by atoms with Crippen LogP contribution >= 0.6 is 23.2 Å². The molecule has 0 spiro atoms. The summed E-state index contributed by atoms with van der Waals surface area (Å²) >= 11 is 11.4. The standard InChI is InChI=1S/C8H3Cl2N3O3/c9-3-1-4-7(11-2-5(14)12-4)8(6(3)10)13(15)16/h1-2H,(H,12,14). The van der Waals surface area contributed by atoms with Crippen molar-refractivity contribution in [2.75, 3.05) is 0 Å². The smallest absolute Gasteiger partial charge is 0.316 e. The Morgan fingerprint density at radius 3 is 2.75 bits per heavy atom. The molecule has 16 heavy (non-hydrogen) atoms. The topological polar surface area (TPSA) is 88.9 Å². The number of H-pyrrole nitrogens is 1. The Hall–Kier alpha value is -1.66. The van der Waals surface area contributed by atoms with E-state index >= 15 is 0 Å². The molecule has 0 unspecified atom stereocenters. The molecular weight excluding hydrogens is 257 g/mol. The second-order valence-corrected chi connectivity index (χ2v) is 3.71. The van der Waals surface area contributed by atoms with Crippen LogP contribution in [0.1, 0.15) is 0 Å². The molecule has 1 aromatic heterocycles. The molecule has 8 heteroatoms. The summed E-state index contributed by atoms with van der Waals surface area (Å²) in [5.41, 5.74) is -0.715. The molecule has 0 aliphatic heterocycles. The maximum atomic E-state index is 11.0. The normalized spacial score (nSPS) is 10.6. The van der Waals surface area contributed by atoms with Crippen LogP contribution in [-0.2, 0) is 0 Å². The van der Waals surface area contributed by atoms with Gasteiger partial charge >= 0.3 is 5.69 Å². The van der Waals surface area contributed by atoms with Gasteiger partial charge in [0.2, 0.25) is 0 Å². The number of rotatable bonds is 1. The Morgan fingerprint density at radius 2 is 2.12 bits per heavy atom. The fourth-order valence-corrected chi connectivity index (χ4v) is 1.70. The zero-order valence-electron chi connectivity index (χ0n) is 7.53. The Labute approximate surface area is 98.0 Å². The van der Waals surface area contributed by atoms with Gasteiger partial charge in [-0.2, -0.15) is 0 Å². The Kier molecular flexibility index (Phi) is 2.53. The van der Waals surface area contributed by atoms with Gasteiger partial charge in [-0.3, -0.25) is 14.9 Å². The van der Waals surface area contributed by atoms with E-state index < -0.39 is 16.2 Å². The van der Waals surface area contributed by atoms with E-state index in [0.29, 0.717) is 0 Å². The number of nitrogens with one attached hydrogen (secondary N) is 1. The zero-order valence-corrected chi connectivity index (χ0v) is 9.04. The third-order valence-corrected chi connectivity index (χ3v) is 2.70. The van der Waals surface area contributed by atoms with Gasteiger partial charge in [0.05, 0.1) is 21.7 Å². The minimum Gasteiger partial charge on any atom is -0.319 e. The highest BCUT2D eigenvalue weighted by Gasteiger charge is 2.22. The molecule has 6 nitrogen and oxygen atoms in total. The summed E-state index contributed by atoms with van der Waals surface area (Å²) in [6, 6.07) is 1.32. The van der Waals surface area contributed by atoms with Crippen LogP contribution in [0.3, 0.4) is 0 Å². The minimum atomic E-state index is -0.693.